The Hall–Kier alpha value is -1.58. The monoisotopic (exact) mass is 232 g/mol. The quantitative estimate of drug-likeness (QED) is 0.865. The normalized spacial score (nSPS) is 14.1. The van der Waals surface area contributed by atoms with Gasteiger partial charge in [-0.05, 0) is 23.5 Å². The molecule has 0 saturated heterocycles. The van der Waals surface area contributed by atoms with Gasteiger partial charge in [0.1, 0.15) is 5.82 Å². The first kappa shape index (κ1) is 11.9. The van der Waals surface area contributed by atoms with Crippen molar-refractivity contribution < 1.29 is 0 Å². The van der Waals surface area contributed by atoms with E-state index in [0.29, 0.717) is 5.92 Å². The zero-order chi connectivity index (χ0) is 12.6. The highest BCUT2D eigenvalue weighted by molar-refractivity contribution is 5.47. The average molecular weight is 232 g/mol. The third-order valence-corrected chi connectivity index (χ3v) is 3.46. The number of fused-ring (bicyclic) bond motifs is 1. The van der Waals surface area contributed by atoms with Crippen molar-refractivity contribution in [3.8, 4) is 0 Å². The molecule has 0 fully saturated rings. The SMILES string of the molecule is CC(Cc1nnc2ccc(N)cn12)C(C)(C)C. The van der Waals surface area contributed by atoms with Crippen molar-refractivity contribution >= 4 is 11.3 Å². The fourth-order valence-corrected chi connectivity index (χ4v) is 1.67. The fraction of sp³-hybridized carbons (Fsp3) is 0.538. The minimum atomic E-state index is 0.270. The van der Waals surface area contributed by atoms with Crippen LogP contribution in [-0.2, 0) is 6.42 Å². The number of anilines is 1. The molecule has 0 aliphatic rings. The Bertz CT molecular complexity index is 522. The van der Waals surface area contributed by atoms with Gasteiger partial charge in [0.25, 0.3) is 0 Å². The topological polar surface area (TPSA) is 56.2 Å². The maximum Gasteiger partial charge on any atom is 0.160 e. The molecule has 0 aliphatic carbocycles. The predicted molar refractivity (Wildman–Crippen MR) is 69.7 cm³/mol. The average Bonchev–Trinajstić information content (AvgIpc) is 2.60. The van der Waals surface area contributed by atoms with Gasteiger partial charge in [0.2, 0.25) is 0 Å². The standard InChI is InChI=1S/C13H20N4/c1-9(13(2,3)4)7-12-16-15-11-6-5-10(14)8-17(11)12/h5-6,8-9H,7,14H2,1-4H3. The number of nitrogen functional groups attached to an aromatic ring is 1. The highest BCUT2D eigenvalue weighted by Gasteiger charge is 2.22. The Labute approximate surface area is 102 Å². The Morgan fingerprint density at radius 3 is 2.65 bits per heavy atom. The van der Waals surface area contributed by atoms with Crippen molar-refractivity contribution in [2.45, 2.75) is 34.1 Å². The lowest BCUT2D eigenvalue weighted by atomic mass is 9.80. The first-order valence-electron chi connectivity index (χ1n) is 5.97. The number of aromatic nitrogens is 3. The van der Waals surface area contributed by atoms with Crippen molar-refractivity contribution in [1.82, 2.24) is 14.6 Å². The van der Waals surface area contributed by atoms with Crippen LogP contribution in [0.2, 0.25) is 0 Å². The molecule has 92 valence electrons. The second kappa shape index (κ2) is 4.02. The van der Waals surface area contributed by atoms with Gasteiger partial charge in [-0.25, -0.2) is 0 Å². The lowest BCUT2D eigenvalue weighted by molar-refractivity contribution is 0.256. The summed E-state index contributed by atoms with van der Waals surface area (Å²) < 4.78 is 1.98. The largest absolute Gasteiger partial charge is 0.398 e. The van der Waals surface area contributed by atoms with Crippen LogP contribution in [0.3, 0.4) is 0 Å². The molecule has 0 aliphatic heterocycles. The highest BCUT2D eigenvalue weighted by Crippen LogP contribution is 2.28. The summed E-state index contributed by atoms with van der Waals surface area (Å²) in [7, 11) is 0. The molecule has 1 unspecified atom stereocenters. The van der Waals surface area contributed by atoms with Gasteiger partial charge in [-0.3, -0.25) is 4.40 Å². The van der Waals surface area contributed by atoms with E-state index in [-0.39, 0.29) is 5.41 Å². The van der Waals surface area contributed by atoms with E-state index >= 15 is 0 Å². The van der Waals surface area contributed by atoms with Gasteiger partial charge in [-0.1, -0.05) is 27.7 Å². The van der Waals surface area contributed by atoms with Crippen LogP contribution >= 0.6 is 0 Å². The van der Waals surface area contributed by atoms with Crippen molar-refractivity contribution in [2.24, 2.45) is 11.3 Å². The number of pyridine rings is 1. The van der Waals surface area contributed by atoms with E-state index in [1.807, 2.05) is 22.7 Å². The van der Waals surface area contributed by atoms with E-state index in [2.05, 4.69) is 37.9 Å². The molecule has 17 heavy (non-hydrogen) atoms. The predicted octanol–water partition coefficient (Wildman–Crippen LogP) is 2.54. The third-order valence-electron chi connectivity index (χ3n) is 3.46. The fourth-order valence-electron chi connectivity index (χ4n) is 1.67. The summed E-state index contributed by atoms with van der Waals surface area (Å²) in [6.45, 7) is 8.98. The van der Waals surface area contributed by atoms with Crippen molar-refractivity contribution in [3.05, 3.63) is 24.2 Å². The van der Waals surface area contributed by atoms with Gasteiger partial charge in [-0.15, -0.1) is 10.2 Å². The van der Waals surface area contributed by atoms with E-state index in [4.69, 9.17) is 5.73 Å². The molecule has 2 aromatic heterocycles. The van der Waals surface area contributed by atoms with Crippen LogP contribution in [0.4, 0.5) is 5.69 Å². The number of nitrogens with two attached hydrogens (primary N) is 1. The third kappa shape index (κ3) is 2.40. The van der Waals surface area contributed by atoms with Crippen molar-refractivity contribution in [3.63, 3.8) is 0 Å². The zero-order valence-electron chi connectivity index (χ0n) is 10.9. The molecule has 4 heteroatoms. The maximum atomic E-state index is 5.79. The van der Waals surface area contributed by atoms with Crippen molar-refractivity contribution in [2.75, 3.05) is 5.73 Å². The molecule has 2 N–H and O–H groups in total. The lowest BCUT2D eigenvalue weighted by Gasteiger charge is -2.26. The number of nitrogens with zero attached hydrogens (tertiary/aromatic N) is 3. The molecule has 2 rings (SSSR count). The summed E-state index contributed by atoms with van der Waals surface area (Å²) in [5.74, 6) is 1.52. The Balaban J connectivity index is 2.33. The van der Waals surface area contributed by atoms with E-state index < -0.39 is 0 Å². The first-order valence-corrected chi connectivity index (χ1v) is 5.97. The summed E-state index contributed by atoms with van der Waals surface area (Å²) in [5.41, 5.74) is 7.66. The van der Waals surface area contributed by atoms with E-state index in [0.717, 1.165) is 23.6 Å². The first-order chi connectivity index (χ1) is 7.88. The van der Waals surface area contributed by atoms with Crippen LogP contribution in [0.25, 0.3) is 5.65 Å². The van der Waals surface area contributed by atoms with Gasteiger partial charge in [0.15, 0.2) is 5.65 Å². The molecule has 0 amide bonds. The van der Waals surface area contributed by atoms with E-state index in [9.17, 15) is 0 Å². The van der Waals surface area contributed by atoms with Gasteiger partial charge in [0, 0.05) is 18.3 Å². The van der Waals surface area contributed by atoms with Crippen LogP contribution in [0.15, 0.2) is 18.3 Å². The summed E-state index contributed by atoms with van der Waals surface area (Å²) in [4.78, 5) is 0. The molecule has 1 atom stereocenters. The van der Waals surface area contributed by atoms with Gasteiger partial charge < -0.3 is 5.73 Å². The van der Waals surface area contributed by atoms with Gasteiger partial charge >= 0.3 is 0 Å². The van der Waals surface area contributed by atoms with Crippen LogP contribution in [0, 0.1) is 11.3 Å². The van der Waals surface area contributed by atoms with Crippen molar-refractivity contribution in [1.29, 1.82) is 0 Å². The molecule has 0 aromatic carbocycles. The lowest BCUT2D eigenvalue weighted by Crippen LogP contribution is -2.20. The summed E-state index contributed by atoms with van der Waals surface area (Å²) in [6, 6.07) is 3.74. The summed E-state index contributed by atoms with van der Waals surface area (Å²) in [5, 5.41) is 8.40. The Morgan fingerprint density at radius 2 is 2.00 bits per heavy atom. The maximum absolute atomic E-state index is 5.79. The molecule has 0 spiro atoms. The number of rotatable bonds is 2. The van der Waals surface area contributed by atoms with Crippen LogP contribution < -0.4 is 5.73 Å². The van der Waals surface area contributed by atoms with E-state index in [1.54, 1.807) is 0 Å². The Kier molecular flexibility index (Phi) is 2.81. The summed E-state index contributed by atoms with van der Waals surface area (Å²) in [6.07, 6.45) is 2.80. The zero-order valence-corrected chi connectivity index (χ0v) is 10.9. The molecule has 0 radical (unpaired) electrons. The number of hydrogen-bond acceptors (Lipinski definition) is 3. The molecule has 0 bridgehead atoms. The van der Waals surface area contributed by atoms with Crippen LogP contribution in [0.5, 0.6) is 0 Å². The molecular formula is C13H20N4. The second-order valence-corrected chi connectivity index (χ2v) is 5.78. The molecular weight excluding hydrogens is 212 g/mol. The molecule has 4 nitrogen and oxygen atoms in total. The van der Waals surface area contributed by atoms with Crippen LogP contribution in [-0.4, -0.2) is 14.6 Å². The highest BCUT2D eigenvalue weighted by atomic mass is 15.2. The second-order valence-electron chi connectivity index (χ2n) is 5.78. The minimum absolute atomic E-state index is 0.270. The molecule has 2 aromatic rings. The van der Waals surface area contributed by atoms with E-state index in [1.165, 1.54) is 0 Å². The van der Waals surface area contributed by atoms with Crippen LogP contribution in [0.1, 0.15) is 33.5 Å². The molecule has 2 heterocycles. The summed E-state index contributed by atoms with van der Waals surface area (Å²) >= 11 is 0. The minimum Gasteiger partial charge on any atom is -0.398 e. The Morgan fingerprint density at radius 1 is 1.29 bits per heavy atom. The van der Waals surface area contributed by atoms with Gasteiger partial charge in [0.05, 0.1) is 0 Å². The molecule has 0 saturated carbocycles. The van der Waals surface area contributed by atoms with Gasteiger partial charge in [-0.2, -0.15) is 0 Å². The smallest absolute Gasteiger partial charge is 0.160 e. The number of hydrogen-bond donors (Lipinski definition) is 1.